The molecule has 1 aliphatic rings. The molecule has 20 heavy (non-hydrogen) atoms. The lowest BCUT2D eigenvalue weighted by Crippen LogP contribution is -2.20. The summed E-state index contributed by atoms with van der Waals surface area (Å²) < 4.78 is 18.6. The molecule has 1 aromatic heterocycles. The third-order valence-corrected chi connectivity index (χ3v) is 3.51. The van der Waals surface area contributed by atoms with Crippen LogP contribution >= 0.6 is 0 Å². The maximum absolute atomic E-state index is 13.3. The standard InChI is InChI=1S/C14H16FN3O2/c15-10-8-9(5-6-12(10)19)13-17-14(20-18-13)11-4-2-1-3-7-16-11/h5-6,8,11,16,19H,1-4,7H2. The molecule has 1 saturated heterocycles. The minimum Gasteiger partial charge on any atom is -0.505 e. The molecule has 1 aromatic carbocycles. The zero-order valence-corrected chi connectivity index (χ0v) is 11.0. The fraction of sp³-hybridized carbons (Fsp3) is 0.429. The van der Waals surface area contributed by atoms with Gasteiger partial charge < -0.3 is 14.9 Å². The third-order valence-electron chi connectivity index (χ3n) is 3.51. The minimum atomic E-state index is -0.693. The van der Waals surface area contributed by atoms with E-state index < -0.39 is 5.82 Å². The highest BCUT2D eigenvalue weighted by atomic mass is 19.1. The van der Waals surface area contributed by atoms with Gasteiger partial charge in [-0.05, 0) is 37.6 Å². The van der Waals surface area contributed by atoms with Gasteiger partial charge in [0.25, 0.3) is 0 Å². The predicted molar refractivity (Wildman–Crippen MR) is 70.6 cm³/mol. The Kier molecular flexibility index (Phi) is 3.64. The van der Waals surface area contributed by atoms with Gasteiger partial charge in [0.1, 0.15) is 0 Å². The van der Waals surface area contributed by atoms with Gasteiger partial charge >= 0.3 is 0 Å². The summed E-state index contributed by atoms with van der Waals surface area (Å²) in [5, 5.41) is 16.4. The number of hydrogen-bond donors (Lipinski definition) is 2. The molecule has 1 fully saturated rings. The van der Waals surface area contributed by atoms with E-state index in [-0.39, 0.29) is 11.8 Å². The van der Waals surface area contributed by atoms with Crippen LogP contribution in [0.1, 0.15) is 37.6 Å². The normalized spacial score (nSPS) is 19.8. The van der Waals surface area contributed by atoms with E-state index in [0.29, 0.717) is 17.3 Å². The molecule has 0 amide bonds. The van der Waals surface area contributed by atoms with Crippen LogP contribution in [0.5, 0.6) is 5.75 Å². The van der Waals surface area contributed by atoms with Crippen molar-refractivity contribution in [3.63, 3.8) is 0 Å². The molecular formula is C14H16FN3O2. The Hall–Kier alpha value is -1.95. The molecule has 106 valence electrons. The zero-order chi connectivity index (χ0) is 13.9. The molecule has 0 spiro atoms. The van der Waals surface area contributed by atoms with Gasteiger partial charge in [0.05, 0.1) is 6.04 Å². The van der Waals surface area contributed by atoms with E-state index in [1.54, 1.807) is 6.07 Å². The molecule has 2 aromatic rings. The summed E-state index contributed by atoms with van der Waals surface area (Å²) in [5.41, 5.74) is 0.490. The maximum Gasteiger partial charge on any atom is 0.244 e. The molecule has 1 aliphatic heterocycles. The quantitative estimate of drug-likeness (QED) is 0.883. The number of hydrogen-bond acceptors (Lipinski definition) is 5. The van der Waals surface area contributed by atoms with Crippen LogP contribution in [0.2, 0.25) is 0 Å². The molecule has 1 unspecified atom stereocenters. The topological polar surface area (TPSA) is 71.2 Å². The van der Waals surface area contributed by atoms with E-state index >= 15 is 0 Å². The lowest BCUT2D eigenvalue weighted by atomic mass is 10.1. The van der Waals surface area contributed by atoms with Gasteiger partial charge in [-0.15, -0.1) is 0 Å². The summed E-state index contributed by atoms with van der Waals surface area (Å²) in [6.45, 7) is 0.941. The first kappa shape index (κ1) is 13.1. The van der Waals surface area contributed by atoms with Gasteiger partial charge in [0, 0.05) is 5.56 Å². The molecule has 0 radical (unpaired) electrons. The van der Waals surface area contributed by atoms with Crippen LogP contribution in [0.3, 0.4) is 0 Å². The van der Waals surface area contributed by atoms with Gasteiger partial charge in [-0.3, -0.25) is 0 Å². The van der Waals surface area contributed by atoms with E-state index in [1.165, 1.54) is 18.6 Å². The monoisotopic (exact) mass is 277 g/mol. The van der Waals surface area contributed by atoms with Crippen molar-refractivity contribution in [2.24, 2.45) is 0 Å². The summed E-state index contributed by atoms with van der Waals surface area (Å²) in [6, 6.07) is 4.11. The Morgan fingerprint density at radius 1 is 1.30 bits per heavy atom. The molecule has 2 heterocycles. The average Bonchev–Trinajstić information content (AvgIpc) is 2.78. The molecule has 3 rings (SSSR count). The number of aromatic nitrogens is 2. The molecule has 0 saturated carbocycles. The van der Waals surface area contributed by atoms with Crippen molar-refractivity contribution < 1.29 is 14.0 Å². The number of phenols is 1. The first-order chi connectivity index (χ1) is 9.74. The largest absolute Gasteiger partial charge is 0.505 e. The number of phenolic OH excluding ortho intramolecular Hbond substituents is 1. The number of benzene rings is 1. The molecule has 0 bridgehead atoms. The van der Waals surface area contributed by atoms with Crippen molar-refractivity contribution in [2.45, 2.75) is 31.7 Å². The molecule has 0 aliphatic carbocycles. The van der Waals surface area contributed by atoms with Crippen molar-refractivity contribution in [3.05, 3.63) is 29.9 Å². The first-order valence-corrected chi connectivity index (χ1v) is 6.80. The van der Waals surface area contributed by atoms with Crippen molar-refractivity contribution in [1.82, 2.24) is 15.5 Å². The van der Waals surface area contributed by atoms with Gasteiger partial charge in [0.15, 0.2) is 11.6 Å². The summed E-state index contributed by atoms with van der Waals surface area (Å²) in [4.78, 5) is 4.33. The summed E-state index contributed by atoms with van der Waals surface area (Å²) in [5.74, 6) is -0.204. The van der Waals surface area contributed by atoms with Crippen molar-refractivity contribution in [2.75, 3.05) is 6.54 Å². The SMILES string of the molecule is Oc1ccc(-c2noc(C3CCCCCN3)n2)cc1F. The van der Waals surface area contributed by atoms with E-state index in [1.807, 2.05) is 0 Å². The fourth-order valence-corrected chi connectivity index (χ4v) is 2.38. The zero-order valence-electron chi connectivity index (χ0n) is 11.0. The molecule has 5 nitrogen and oxygen atoms in total. The van der Waals surface area contributed by atoms with E-state index in [2.05, 4.69) is 15.5 Å². The summed E-state index contributed by atoms with van der Waals surface area (Å²) >= 11 is 0. The van der Waals surface area contributed by atoms with Crippen LogP contribution in [0.25, 0.3) is 11.4 Å². The minimum absolute atomic E-state index is 0.0701. The van der Waals surface area contributed by atoms with Crippen LogP contribution in [0.15, 0.2) is 22.7 Å². The second kappa shape index (κ2) is 5.58. The third kappa shape index (κ3) is 2.65. The molecular weight excluding hydrogens is 261 g/mol. The second-order valence-corrected chi connectivity index (χ2v) is 4.98. The Balaban J connectivity index is 1.83. The molecule has 1 atom stereocenters. The van der Waals surface area contributed by atoms with Crippen molar-refractivity contribution >= 4 is 0 Å². The van der Waals surface area contributed by atoms with Crippen LogP contribution in [0, 0.1) is 5.82 Å². The Labute approximate surface area is 115 Å². The molecule has 6 heteroatoms. The average molecular weight is 277 g/mol. The van der Waals surface area contributed by atoms with Crippen LogP contribution in [0.4, 0.5) is 4.39 Å². The second-order valence-electron chi connectivity index (χ2n) is 4.98. The van der Waals surface area contributed by atoms with Crippen molar-refractivity contribution in [3.8, 4) is 17.1 Å². The first-order valence-electron chi connectivity index (χ1n) is 6.80. The summed E-state index contributed by atoms with van der Waals surface area (Å²) in [7, 11) is 0. The highest BCUT2D eigenvalue weighted by Gasteiger charge is 2.20. The van der Waals surface area contributed by atoms with Gasteiger partial charge in [0.2, 0.25) is 11.7 Å². The number of aromatic hydroxyl groups is 1. The van der Waals surface area contributed by atoms with Crippen molar-refractivity contribution in [1.29, 1.82) is 0 Å². The Morgan fingerprint density at radius 3 is 3.05 bits per heavy atom. The van der Waals surface area contributed by atoms with E-state index in [0.717, 1.165) is 25.8 Å². The highest BCUT2D eigenvalue weighted by Crippen LogP contribution is 2.26. The van der Waals surface area contributed by atoms with Crippen LogP contribution in [-0.4, -0.2) is 21.8 Å². The number of nitrogens with zero attached hydrogens (tertiary/aromatic N) is 2. The van der Waals surface area contributed by atoms with Gasteiger partial charge in [-0.25, -0.2) is 4.39 Å². The van der Waals surface area contributed by atoms with E-state index in [9.17, 15) is 9.50 Å². The van der Waals surface area contributed by atoms with E-state index in [4.69, 9.17) is 4.52 Å². The van der Waals surface area contributed by atoms with Gasteiger partial charge in [-0.2, -0.15) is 4.98 Å². The van der Waals surface area contributed by atoms with Crippen LogP contribution in [-0.2, 0) is 0 Å². The maximum atomic E-state index is 13.3. The highest BCUT2D eigenvalue weighted by molar-refractivity contribution is 5.55. The Morgan fingerprint density at radius 2 is 2.20 bits per heavy atom. The van der Waals surface area contributed by atoms with Crippen LogP contribution < -0.4 is 5.32 Å². The smallest absolute Gasteiger partial charge is 0.244 e. The number of rotatable bonds is 2. The predicted octanol–water partition coefficient (Wildman–Crippen LogP) is 2.79. The molecule has 2 N–H and O–H groups in total. The Bertz CT molecular complexity index is 592. The van der Waals surface area contributed by atoms with Gasteiger partial charge in [-0.1, -0.05) is 18.0 Å². The fourth-order valence-electron chi connectivity index (χ4n) is 2.38. The summed E-state index contributed by atoms with van der Waals surface area (Å²) in [6.07, 6.45) is 4.45. The lowest BCUT2D eigenvalue weighted by Gasteiger charge is -2.09. The number of nitrogens with one attached hydrogen (secondary N) is 1. The lowest BCUT2D eigenvalue weighted by molar-refractivity contribution is 0.327. The number of halogens is 1.